The maximum absolute atomic E-state index is 12.4. The van der Waals surface area contributed by atoms with Crippen LogP contribution < -0.4 is 10.2 Å². The zero-order valence-electron chi connectivity index (χ0n) is 17.9. The van der Waals surface area contributed by atoms with Gasteiger partial charge in [0.05, 0.1) is 28.0 Å². The number of amides is 1. The molecule has 170 valence electrons. The van der Waals surface area contributed by atoms with Gasteiger partial charge in [0.2, 0.25) is 0 Å². The average molecular weight is 561 g/mol. The highest BCUT2D eigenvalue weighted by Gasteiger charge is 2.16. The second-order valence-electron chi connectivity index (χ2n) is 7.09. The van der Waals surface area contributed by atoms with Crippen molar-refractivity contribution in [3.63, 3.8) is 0 Å². The van der Waals surface area contributed by atoms with Gasteiger partial charge in [-0.1, -0.05) is 0 Å². The topological polar surface area (TPSA) is 130 Å². The Hall–Kier alpha value is -3.67. The second-order valence-corrected chi connectivity index (χ2v) is 8.25. The number of hydrogen-bond donors (Lipinski definition) is 3. The maximum Gasteiger partial charge on any atom is 0.335 e. The minimum atomic E-state index is -1.22. The van der Waals surface area contributed by atoms with E-state index in [0.717, 1.165) is 15.3 Å². The van der Waals surface area contributed by atoms with E-state index in [0.29, 0.717) is 28.3 Å². The summed E-state index contributed by atoms with van der Waals surface area (Å²) in [6.07, 6.45) is 1.47. The van der Waals surface area contributed by atoms with Crippen LogP contribution in [0.1, 0.15) is 48.0 Å². The molecule has 0 unspecified atom stereocenters. The van der Waals surface area contributed by atoms with E-state index < -0.39 is 17.8 Å². The third kappa shape index (κ3) is 5.22. The van der Waals surface area contributed by atoms with Gasteiger partial charge in [0.1, 0.15) is 5.75 Å². The minimum Gasteiger partial charge on any atom is -0.496 e. The van der Waals surface area contributed by atoms with E-state index >= 15 is 0 Å². The van der Waals surface area contributed by atoms with Crippen molar-refractivity contribution in [2.45, 2.75) is 13.8 Å². The minimum absolute atomic E-state index is 0.132. The van der Waals surface area contributed by atoms with E-state index in [2.05, 4.69) is 33.1 Å². The van der Waals surface area contributed by atoms with Crippen LogP contribution in [0.15, 0.2) is 47.6 Å². The summed E-state index contributed by atoms with van der Waals surface area (Å²) < 4.78 is 7.83. The SMILES string of the molecule is COc1cc(C(=O)N/N=C/c2cc(C)n(-c3cc(C(=O)O)cc(C(=O)O)c3)c2C)ccc1I. The number of aromatic carboxylic acids is 2. The lowest BCUT2D eigenvalue weighted by atomic mass is 10.1. The molecule has 3 N–H and O–H groups in total. The molecule has 33 heavy (non-hydrogen) atoms. The highest BCUT2D eigenvalue weighted by Crippen LogP contribution is 2.23. The Morgan fingerprint density at radius 2 is 1.64 bits per heavy atom. The Balaban J connectivity index is 1.88. The maximum atomic E-state index is 12.4. The zero-order valence-corrected chi connectivity index (χ0v) is 20.1. The molecule has 0 atom stereocenters. The van der Waals surface area contributed by atoms with E-state index in [1.54, 1.807) is 42.7 Å². The van der Waals surface area contributed by atoms with Crippen molar-refractivity contribution in [2.24, 2.45) is 5.10 Å². The Labute approximate surface area is 202 Å². The number of carbonyl (C=O) groups excluding carboxylic acids is 1. The lowest BCUT2D eigenvalue weighted by Crippen LogP contribution is -2.17. The Bertz CT molecular complexity index is 1260. The predicted octanol–water partition coefficient (Wildman–Crippen LogP) is 3.87. The lowest BCUT2D eigenvalue weighted by molar-refractivity contribution is 0.0696. The number of halogens is 1. The summed E-state index contributed by atoms with van der Waals surface area (Å²) in [7, 11) is 1.53. The number of aryl methyl sites for hydroxylation is 1. The number of carboxylic acids is 2. The molecule has 1 amide bonds. The van der Waals surface area contributed by atoms with Crippen LogP contribution >= 0.6 is 22.6 Å². The van der Waals surface area contributed by atoms with Crippen LogP contribution in [0, 0.1) is 17.4 Å². The predicted molar refractivity (Wildman–Crippen MR) is 130 cm³/mol. The lowest BCUT2D eigenvalue weighted by Gasteiger charge is -2.12. The third-order valence-corrected chi connectivity index (χ3v) is 5.81. The molecule has 0 aliphatic rings. The molecule has 0 fully saturated rings. The summed E-state index contributed by atoms with van der Waals surface area (Å²) in [6, 6.07) is 10.8. The van der Waals surface area contributed by atoms with E-state index in [-0.39, 0.29) is 11.1 Å². The van der Waals surface area contributed by atoms with Crippen molar-refractivity contribution in [1.82, 2.24) is 9.99 Å². The van der Waals surface area contributed by atoms with Crippen LogP contribution in [0.25, 0.3) is 5.69 Å². The molecule has 9 nitrogen and oxygen atoms in total. The normalized spacial score (nSPS) is 10.9. The summed E-state index contributed by atoms with van der Waals surface area (Å²) in [5, 5.41) is 22.7. The largest absolute Gasteiger partial charge is 0.496 e. The molecule has 0 aliphatic heterocycles. The first kappa shape index (κ1) is 24.0. The third-order valence-electron chi connectivity index (χ3n) is 4.92. The van der Waals surface area contributed by atoms with Gasteiger partial charge < -0.3 is 19.5 Å². The van der Waals surface area contributed by atoms with Gasteiger partial charge in [-0.2, -0.15) is 5.10 Å². The molecule has 10 heteroatoms. The number of nitrogens with zero attached hydrogens (tertiary/aromatic N) is 2. The Kier molecular flexibility index (Phi) is 7.16. The van der Waals surface area contributed by atoms with Crippen molar-refractivity contribution >= 4 is 46.7 Å². The van der Waals surface area contributed by atoms with Crippen molar-refractivity contribution in [3.8, 4) is 11.4 Å². The van der Waals surface area contributed by atoms with Crippen LogP contribution in [0.3, 0.4) is 0 Å². The van der Waals surface area contributed by atoms with Gasteiger partial charge in [-0.15, -0.1) is 0 Å². The summed E-state index contributed by atoms with van der Waals surface area (Å²) in [5.41, 5.74) is 5.10. The van der Waals surface area contributed by atoms with Crippen LogP contribution in [0.5, 0.6) is 5.75 Å². The summed E-state index contributed by atoms with van der Waals surface area (Å²) in [4.78, 5) is 35.3. The molecule has 0 aliphatic carbocycles. The van der Waals surface area contributed by atoms with Gasteiger partial charge in [0.15, 0.2) is 0 Å². The molecule has 0 radical (unpaired) electrons. The van der Waals surface area contributed by atoms with E-state index in [1.165, 1.54) is 25.5 Å². The van der Waals surface area contributed by atoms with Crippen molar-refractivity contribution < 1.29 is 29.3 Å². The fourth-order valence-electron chi connectivity index (χ4n) is 3.33. The fraction of sp³-hybridized carbons (Fsp3) is 0.130. The van der Waals surface area contributed by atoms with Crippen LogP contribution in [-0.4, -0.2) is 46.0 Å². The monoisotopic (exact) mass is 561 g/mol. The van der Waals surface area contributed by atoms with Crippen LogP contribution in [-0.2, 0) is 0 Å². The molecule has 0 spiro atoms. The molecule has 1 aromatic heterocycles. The molecule has 0 saturated heterocycles. The van der Waals surface area contributed by atoms with E-state index in [4.69, 9.17) is 4.74 Å². The molecular formula is C23H20IN3O6. The number of hydrazone groups is 1. The van der Waals surface area contributed by atoms with Gasteiger partial charge in [0.25, 0.3) is 5.91 Å². The molecule has 3 aromatic rings. The first-order valence-corrected chi connectivity index (χ1v) is 10.7. The average Bonchev–Trinajstić information content (AvgIpc) is 3.06. The number of carbonyl (C=O) groups is 3. The van der Waals surface area contributed by atoms with Gasteiger partial charge in [-0.3, -0.25) is 4.79 Å². The molecule has 2 aromatic carbocycles. The van der Waals surface area contributed by atoms with Crippen molar-refractivity contribution in [2.75, 3.05) is 7.11 Å². The van der Waals surface area contributed by atoms with Gasteiger partial charge in [0, 0.05) is 28.2 Å². The van der Waals surface area contributed by atoms with Gasteiger partial charge in [-0.25, -0.2) is 15.0 Å². The Morgan fingerprint density at radius 3 is 2.21 bits per heavy atom. The number of aromatic nitrogens is 1. The smallest absolute Gasteiger partial charge is 0.335 e. The van der Waals surface area contributed by atoms with Crippen LogP contribution in [0.4, 0.5) is 0 Å². The zero-order chi connectivity index (χ0) is 24.3. The van der Waals surface area contributed by atoms with Crippen molar-refractivity contribution in [1.29, 1.82) is 0 Å². The summed E-state index contributed by atoms with van der Waals surface area (Å²) in [5.74, 6) is -2.27. The summed E-state index contributed by atoms with van der Waals surface area (Å²) in [6.45, 7) is 3.59. The molecule has 3 rings (SSSR count). The van der Waals surface area contributed by atoms with E-state index in [1.807, 2.05) is 0 Å². The number of ether oxygens (including phenoxy) is 1. The number of methoxy groups -OCH3 is 1. The molecule has 0 bridgehead atoms. The van der Waals surface area contributed by atoms with Crippen LogP contribution in [0.2, 0.25) is 0 Å². The Morgan fingerprint density at radius 1 is 1.00 bits per heavy atom. The van der Waals surface area contributed by atoms with E-state index in [9.17, 15) is 24.6 Å². The number of rotatable bonds is 7. The number of benzene rings is 2. The summed E-state index contributed by atoms with van der Waals surface area (Å²) >= 11 is 2.11. The second kappa shape index (κ2) is 9.86. The highest BCUT2D eigenvalue weighted by atomic mass is 127. The first-order valence-electron chi connectivity index (χ1n) is 9.60. The molecular weight excluding hydrogens is 541 g/mol. The quantitative estimate of drug-likeness (QED) is 0.228. The first-order chi connectivity index (χ1) is 15.6. The fourth-order valence-corrected chi connectivity index (χ4v) is 3.88. The highest BCUT2D eigenvalue weighted by molar-refractivity contribution is 14.1. The van der Waals surface area contributed by atoms with Gasteiger partial charge >= 0.3 is 11.9 Å². The molecule has 1 heterocycles. The number of hydrogen-bond acceptors (Lipinski definition) is 5. The molecule has 0 saturated carbocycles. The standard InChI is InChI=1S/C23H20IN3O6/c1-12-6-17(11-25-26-21(28)14-4-5-19(24)20(10-14)33-3)13(2)27(12)18-8-15(22(29)30)7-16(9-18)23(31)32/h4-11H,1-3H3,(H,26,28)(H,29,30)(H,31,32)/b25-11+. The van der Waals surface area contributed by atoms with Crippen molar-refractivity contribution in [3.05, 3.63) is 79.7 Å². The number of carboxylic acid groups (broad SMARTS) is 2. The van der Waals surface area contributed by atoms with Gasteiger partial charge in [-0.05, 0) is 78.9 Å². The number of nitrogens with one attached hydrogen (secondary N) is 1.